The lowest BCUT2D eigenvalue weighted by atomic mass is 9.80. The first-order valence-electron chi connectivity index (χ1n) is 8.64. The van der Waals surface area contributed by atoms with E-state index in [-0.39, 0.29) is 5.54 Å². The van der Waals surface area contributed by atoms with Crippen LogP contribution < -0.4 is 5.32 Å². The number of likely N-dealkylation sites (N-methyl/N-ethyl adjacent to an activating group) is 1. The van der Waals surface area contributed by atoms with Gasteiger partial charge in [-0.1, -0.05) is 26.8 Å². The molecule has 1 unspecified atom stereocenters. The molecular formula is C18H31N3. The van der Waals surface area contributed by atoms with Gasteiger partial charge in [-0.2, -0.15) is 0 Å². The van der Waals surface area contributed by atoms with Crippen LogP contribution in [0.1, 0.15) is 52.0 Å². The highest BCUT2D eigenvalue weighted by atomic mass is 15.2. The maximum absolute atomic E-state index is 4.29. The van der Waals surface area contributed by atoms with E-state index in [1.807, 2.05) is 18.5 Å². The highest BCUT2D eigenvalue weighted by Crippen LogP contribution is 2.33. The zero-order valence-electron chi connectivity index (χ0n) is 13.9. The summed E-state index contributed by atoms with van der Waals surface area (Å²) >= 11 is 0. The van der Waals surface area contributed by atoms with Gasteiger partial charge in [0.2, 0.25) is 0 Å². The minimum atomic E-state index is 0.280. The second-order valence-electron chi connectivity index (χ2n) is 6.18. The van der Waals surface area contributed by atoms with Gasteiger partial charge in [0.25, 0.3) is 0 Å². The van der Waals surface area contributed by atoms with Crippen molar-refractivity contribution in [2.45, 2.75) is 64.5 Å². The number of nitrogens with zero attached hydrogens (tertiary/aromatic N) is 2. The van der Waals surface area contributed by atoms with E-state index in [1.165, 1.54) is 44.3 Å². The molecule has 0 aromatic carbocycles. The van der Waals surface area contributed by atoms with Crippen LogP contribution in [-0.2, 0) is 6.42 Å². The predicted octanol–water partition coefficient (Wildman–Crippen LogP) is 3.26. The van der Waals surface area contributed by atoms with E-state index in [2.05, 4.69) is 42.0 Å². The maximum Gasteiger partial charge on any atom is 0.0360 e. The molecule has 21 heavy (non-hydrogen) atoms. The van der Waals surface area contributed by atoms with Gasteiger partial charge in [0, 0.05) is 24.0 Å². The SMILES string of the molecule is CCNC(Cc1cccnc1)C(CC)(CC)N1CCCC1. The molecule has 1 aliphatic heterocycles. The van der Waals surface area contributed by atoms with Gasteiger partial charge in [-0.3, -0.25) is 9.88 Å². The highest BCUT2D eigenvalue weighted by molar-refractivity contribution is 5.14. The van der Waals surface area contributed by atoms with Crippen LogP contribution in [0.15, 0.2) is 24.5 Å². The van der Waals surface area contributed by atoms with Crippen molar-refractivity contribution in [3.05, 3.63) is 30.1 Å². The molecule has 1 fully saturated rings. The van der Waals surface area contributed by atoms with Crippen LogP contribution in [0.4, 0.5) is 0 Å². The highest BCUT2D eigenvalue weighted by Gasteiger charge is 2.41. The summed E-state index contributed by atoms with van der Waals surface area (Å²) in [5.41, 5.74) is 1.62. The lowest BCUT2D eigenvalue weighted by Gasteiger charge is -2.47. The van der Waals surface area contributed by atoms with Gasteiger partial charge in [0.15, 0.2) is 0 Å². The Morgan fingerprint density at radius 3 is 2.48 bits per heavy atom. The maximum atomic E-state index is 4.29. The fraction of sp³-hybridized carbons (Fsp3) is 0.722. The smallest absolute Gasteiger partial charge is 0.0360 e. The molecule has 2 rings (SSSR count). The molecule has 1 saturated heterocycles. The third-order valence-corrected chi connectivity index (χ3v) is 5.22. The topological polar surface area (TPSA) is 28.2 Å². The van der Waals surface area contributed by atoms with Crippen molar-refractivity contribution in [3.8, 4) is 0 Å². The molecule has 3 heteroatoms. The van der Waals surface area contributed by atoms with E-state index in [4.69, 9.17) is 0 Å². The Morgan fingerprint density at radius 2 is 1.95 bits per heavy atom. The first-order chi connectivity index (χ1) is 10.3. The van der Waals surface area contributed by atoms with Gasteiger partial charge in [0.1, 0.15) is 0 Å². The molecule has 1 aromatic heterocycles. The van der Waals surface area contributed by atoms with Crippen molar-refractivity contribution >= 4 is 0 Å². The normalized spacial score (nSPS) is 18.0. The van der Waals surface area contributed by atoms with E-state index < -0.39 is 0 Å². The van der Waals surface area contributed by atoms with Gasteiger partial charge < -0.3 is 5.32 Å². The zero-order valence-corrected chi connectivity index (χ0v) is 13.9. The zero-order chi connectivity index (χ0) is 15.1. The molecule has 0 spiro atoms. The van der Waals surface area contributed by atoms with E-state index in [1.54, 1.807) is 0 Å². The summed E-state index contributed by atoms with van der Waals surface area (Å²) in [5, 5.41) is 3.78. The number of likely N-dealkylation sites (tertiary alicyclic amines) is 1. The van der Waals surface area contributed by atoms with Crippen molar-refractivity contribution in [1.82, 2.24) is 15.2 Å². The Labute approximate surface area is 130 Å². The average Bonchev–Trinajstić information content (AvgIpc) is 3.05. The second kappa shape index (κ2) is 7.90. The van der Waals surface area contributed by atoms with Crippen molar-refractivity contribution in [2.24, 2.45) is 0 Å². The van der Waals surface area contributed by atoms with Crippen LogP contribution >= 0.6 is 0 Å². The third kappa shape index (κ3) is 3.64. The summed E-state index contributed by atoms with van der Waals surface area (Å²) < 4.78 is 0. The molecule has 0 radical (unpaired) electrons. The summed E-state index contributed by atoms with van der Waals surface area (Å²) in [4.78, 5) is 7.03. The predicted molar refractivity (Wildman–Crippen MR) is 89.5 cm³/mol. The Morgan fingerprint density at radius 1 is 1.24 bits per heavy atom. The Balaban J connectivity index is 2.23. The third-order valence-electron chi connectivity index (χ3n) is 5.22. The molecule has 1 atom stereocenters. The second-order valence-corrected chi connectivity index (χ2v) is 6.18. The first-order valence-corrected chi connectivity index (χ1v) is 8.64. The monoisotopic (exact) mass is 289 g/mol. The largest absolute Gasteiger partial charge is 0.312 e. The summed E-state index contributed by atoms with van der Waals surface area (Å²) in [5.74, 6) is 0. The van der Waals surface area contributed by atoms with Gasteiger partial charge in [-0.25, -0.2) is 0 Å². The molecule has 0 amide bonds. The number of rotatable bonds is 8. The minimum absolute atomic E-state index is 0.280. The van der Waals surface area contributed by atoms with E-state index >= 15 is 0 Å². The number of nitrogens with one attached hydrogen (secondary N) is 1. The lowest BCUT2D eigenvalue weighted by Crippen LogP contribution is -2.61. The molecule has 0 aliphatic carbocycles. The van der Waals surface area contributed by atoms with E-state index in [0.717, 1.165) is 13.0 Å². The Bertz CT molecular complexity index is 394. The summed E-state index contributed by atoms with van der Waals surface area (Å²) in [7, 11) is 0. The Hall–Kier alpha value is -0.930. The van der Waals surface area contributed by atoms with E-state index in [0.29, 0.717) is 6.04 Å². The number of pyridine rings is 1. The van der Waals surface area contributed by atoms with Crippen LogP contribution in [0.2, 0.25) is 0 Å². The van der Waals surface area contributed by atoms with Crippen LogP contribution in [0.25, 0.3) is 0 Å². The van der Waals surface area contributed by atoms with Crippen LogP contribution in [0.3, 0.4) is 0 Å². The molecule has 0 saturated carbocycles. The first kappa shape index (κ1) is 16.4. The van der Waals surface area contributed by atoms with E-state index in [9.17, 15) is 0 Å². The van der Waals surface area contributed by atoms with Gasteiger partial charge in [-0.15, -0.1) is 0 Å². The number of hydrogen-bond acceptors (Lipinski definition) is 3. The Kier molecular flexibility index (Phi) is 6.19. The van der Waals surface area contributed by atoms with Gasteiger partial charge in [-0.05, 0) is 63.4 Å². The summed E-state index contributed by atoms with van der Waals surface area (Å²) in [6, 6.07) is 4.75. The van der Waals surface area contributed by atoms with Crippen LogP contribution in [0, 0.1) is 0 Å². The van der Waals surface area contributed by atoms with Gasteiger partial charge >= 0.3 is 0 Å². The van der Waals surface area contributed by atoms with Crippen molar-refractivity contribution in [3.63, 3.8) is 0 Å². The molecule has 0 bridgehead atoms. The average molecular weight is 289 g/mol. The van der Waals surface area contributed by atoms with Gasteiger partial charge in [0.05, 0.1) is 0 Å². The summed E-state index contributed by atoms with van der Waals surface area (Å²) in [6.07, 6.45) is 10.1. The quantitative estimate of drug-likeness (QED) is 0.796. The van der Waals surface area contributed by atoms with Crippen molar-refractivity contribution in [2.75, 3.05) is 19.6 Å². The minimum Gasteiger partial charge on any atom is -0.312 e. The van der Waals surface area contributed by atoms with Crippen LogP contribution in [0.5, 0.6) is 0 Å². The molecule has 118 valence electrons. The lowest BCUT2D eigenvalue weighted by molar-refractivity contribution is 0.0626. The fourth-order valence-corrected chi connectivity index (χ4v) is 4.03. The standard InChI is InChI=1S/C18H31N3/c1-4-18(5-2,21-12-7-8-13-21)17(20-6-3)14-16-10-9-11-19-15-16/h9-11,15,17,20H,4-8,12-14H2,1-3H3. The number of hydrogen-bond donors (Lipinski definition) is 1. The molecule has 1 N–H and O–H groups in total. The summed E-state index contributed by atoms with van der Waals surface area (Å²) in [6.45, 7) is 10.5. The molecule has 3 nitrogen and oxygen atoms in total. The number of aromatic nitrogens is 1. The molecule has 2 heterocycles. The fourth-order valence-electron chi connectivity index (χ4n) is 4.03. The molecular weight excluding hydrogens is 258 g/mol. The molecule has 1 aliphatic rings. The molecule has 1 aromatic rings. The van der Waals surface area contributed by atoms with Crippen molar-refractivity contribution in [1.29, 1.82) is 0 Å². The van der Waals surface area contributed by atoms with Crippen molar-refractivity contribution < 1.29 is 0 Å². The van der Waals surface area contributed by atoms with Crippen LogP contribution in [-0.4, -0.2) is 41.1 Å².